The van der Waals surface area contributed by atoms with Crippen LogP contribution in [0.5, 0.6) is 5.75 Å². The molecule has 1 aliphatic heterocycles. The third-order valence-corrected chi connectivity index (χ3v) is 6.32. The summed E-state index contributed by atoms with van der Waals surface area (Å²) in [6.45, 7) is 9.74. The molecule has 9 heteroatoms. The number of piperazine rings is 1. The van der Waals surface area contributed by atoms with Crippen molar-refractivity contribution < 1.29 is 4.74 Å². The highest BCUT2D eigenvalue weighted by atomic mass is 16.5. The van der Waals surface area contributed by atoms with Gasteiger partial charge < -0.3 is 24.8 Å². The van der Waals surface area contributed by atoms with Crippen LogP contribution in [0.3, 0.4) is 0 Å². The molecule has 0 spiro atoms. The molecule has 3 heterocycles. The number of benzene rings is 1. The first-order valence-electron chi connectivity index (χ1n) is 11.8. The van der Waals surface area contributed by atoms with Crippen LogP contribution in [0.2, 0.25) is 0 Å². The van der Waals surface area contributed by atoms with Crippen molar-refractivity contribution in [2.45, 2.75) is 25.7 Å². The fourth-order valence-electron chi connectivity index (χ4n) is 4.17. The molecule has 0 amide bonds. The largest absolute Gasteiger partial charge is 0.471 e. The smallest absolute Gasteiger partial charge is 0.181 e. The van der Waals surface area contributed by atoms with E-state index in [1.165, 1.54) is 18.5 Å². The van der Waals surface area contributed by atoms with Crippen molar-refractivity contribution in [1.29, 1.82) is 0 Å². The van der Waals surface area contributed by atoms with Gasteiger partial charge in [0.25, 0.3) is 0 Å². The Morgan fingerprint density at radius 1 is 1.24 bits per heavy atom. The number of rotatable bonds is 8. The molecule has 1 aliphatic carbocycles. The van der Waals surface area contributed by atoms with Crippen molar-refractivity contribution in [3.05, 3.63) is 53.6 Å². The quantitative estimate of drug-likeness (QED) is 0.352. The third-order valence-electron chi connectivity index (χ3n) is 6.32. The van der Waals surface area contributed by atoms with Crippen LogP contribution in [-0.4, -0.2) is 77.5 Å². The fraction of sp³-hybridized carbons (Fsp3) is 0.400. The van der Waals surface area contributed by atoms with E-state index in [0.717, 1.165) is 60.2 Å². The lowest BCUT2D eigenvalue weighted by Gasteiger charge is -2.33. The van der Waals surface area contributed by atoms with E-state index in [0.29, 0.717) is 11.7 Å². The summed E-state index contributed by atoms with van der Waals surface area (Å²) in [5.74, 6) is 3.57. The predicted molar refractivity (Wildman–Crippen MR) is 137 cm³/mol. The monoisotopic (exact) mass is 460 g/mol. The molecule has 0 bridgehead atoms. The summed E-state index contributed by atoms with van der Waals surface area (Å²) in [6.07, 6.45) is 4.37. The van der Waals surface area contributed by atoms with Gasteiger partial charge in [-0.2, -0.15) is 5.10 Å². The summed E-state index contributed by atoms with van der Waals surface area (Å²) in [5, 5.41) is 11.9. The third kappa shape index (κ3) is 5.31. The van der Waals surface area contributed by atoms with E-state index in [4.69, 9.17) is 9.73 Å². The van der Waals surface area contributed by atoms with Gasteiger partial charge in [0.2, 0.25) is 0 Å². The molecule has 2 fully saturated rings. The Morgan fingerprint density at radius 2 is 2.06 bits per heavy atom. The van der Waals surface area contributed by atoms with Crippen LogP contribution in [0.1, 0.15) is 30.1 Å². The van der Waals surface area contributed by atoms with Gasteiger partial charge in [-0.3, -0.25) is 5.10 Å². The number of aryl methyl sites for hydroxylation is 1. The van der Waals surface area contributed by atoms with Crippen LogP contribution in [-0.2, 0) is 0 Å². The molecule has 3 N–H and O–H groups in total. The lowest BCUT2D eigenvalue weighted by atomic mass is 10.2. The molecule has 0 unspecified atom stereocenters. The highest BCUT2D eigenvalue weighted by Gasteiger charge is 2.25. The van der Waals surface area contributed by atoms with Gasteiger partial charge in [0.05, 0.1) is 0 Å². The van der Waals surface area contributed by atoms with Crippen molar-refractivity contribution in [2.75, 3.05) is 45.3 Å². The van der Waals surface area contributed by atoms with E-state index in [1.54, 1.807) is 0 Å². The Labute approximate surface area is 199 Å². The average molecular weight is 461 g/mol. The maximum absolute atomic E-state index is 5.98. The van der Waals surface area contributed by atoms with Gasteiger partial charge >= 0.3 is 0 Å². The number of anilines is 1. The minimum atomic E-state index is 0.214. The molecular formula is C25H32N8O. The van der Waals surface area contributed by atoms with E-state index >= 15 is 0 Å². The highest BCUT2D eigenvalue weighted by Crippen LogP contribution is 2.39. The topological polar surface area (TPSA) is 96.9 Å². The van der Waals surface area contributed by atoms with Crippen molar-refractivity contribution in [3.8, 4) is 5.75 Å². The van der Waals surface area contributed by atoms with Gasteiger partial charge in [-0.25, -0.2) is 9.98 Å². The summed E-state index contributed by atoms with van der Waals surface area (Å²) in [7, 11) is 2.14. The molecule has 1 aromatic carbocycles. The zero-order chi connectivity index (χ0) is 23.5. The van der Waals surface area contributed by atoms with Gasteiger partial charge in [-0.1, -0.05) is 0 Å². The maximum Gasteiger partial charge on any atom is 0.181 e. The fourth-order valence-corrected chi connectivity index (χ4v) is 4.17. The second kappa shape index (κ2) is 9.72. The number of hydrogen-bond donors (Lipinski definition) is 3. The summed E-state index contributed by atoms with van der Waals surface area (Å²) in [5.41, 5.74) is 3.40. The lowest BCUT2D eigenvalue weighted by Crippen LogP contribution is -2.47. The summed E-state index contributed by atoms with van der Waals surface area (Å²) in [4.78, 5) is 16.9. The number of ether oxygens (including phenoxy) is 1. The van der Waals surface area contributed by atoms with Crippen molar-refractivity contribution >= 4 is 29.3 Å². The molecule has 1 saturated carbocycles. The molecule has 1 saturated heterocycles. The van der Waals surface area contributed by atoms with Gasteiger partial charge in [0, 0.05) is 66.5 Å². The van der Waals surface area contributed by atoms with E-state index in [-0.39, 0.29) is 6.73 Å². The summed E-state index contributed by atoms with van der Waals surface area (Å²) >= 11 is 0. The van der Waals surface area contributed by atoms with Gasteiger partial charge in [0.15, 0.2) is 12.5 Å². The maximum atomic E-state index is 5.98. The zero-order valence-electron chi connectivity index (χ0n) is 19.8. The molecule has 0 atom stereocenters. The summed E-state index contributed by atoms with van der Waals surface area (Å²) in [6, 6.07) is 10.2. The van der Waals surface area contributed by atoms with Crippen LogP contribution in [0.4, 0.5) is 5.82 Å². The molecule has 2 aromatic heterocycles. The number of aromatic nitrogens is 3. The van der Waals surface area contributed by atoms with E-state index in [1.807, 2.05) is 30.3 Å². The van der Waals surface area contributed by atoms with Gasteiger partial charge in [-0.15, -0.1) is 0 Å². The first-order valence-corrected chi connectivity index (χ1v) is 11.8. The van der Waals surface area contributed by atoms with E-state index in [9.17, 15) is 0 Å². The Morgan fingerprint density at radius 3 is 2.82 bits per heavy atom. The Hall–Kier alpha value is -3.59. The Balaban J connectivity index is 1.32. The molecule has 9 nitrogen and oxygen atoms in total. The first kappa shape index (κ1) is 22.2. The first-order chi connectivity index (χ1) is 16.6. The Kier molecular flexibility index (Phi) is 6.35. The molecular weight excluding hydrogens is 428 g/mol. The number of likely N-dealkylation sites (N-methyl/N-ethyl adjacent to an activating group) is 1. The van der Waals surface area contributed by atoms with Crippen LogP contribution in [0, 0.1) is 6.92 Å². The number of amidine groups is 1. The second-order valence-corrected chi connectivity index (χ2v) is 9.08. The molecule has 178 valence electrons. The van der Waals surface area contributed by atoms with Crippen LogP contribution in [0.15, 0.2) is 52.2 Å². The second-order valence-electron chi connectivity index (χ2n) is 9.08. The molecule has 34 heavy (non-hydrogen) atoms. The van der Waals surface area contributed by atoms with Crippen LogP contribution >= 0.6 is 0 Å². The number of nitrogens with one attached hydrogen (secondary N) is 3. The summed E-state index contributed by atoms with van der Waals surface area (Å²) < 4.78 is 5.98. The predicted octanol–water partition coefficient (Wildman–Crippen LogP) is 3.71. The Bertz CT molecular complexity index is 1210. The van der Waals surface area contributed by atoms with Crippen molar-refractivity contribution in [3.63, 3.8) is 0 Å². The lowest BCUT2D eigenvalue weighted by molar-refractivity contribution is 0.214. The average Bonchev–Trinajstić information content (AvgIpc) is 3.46. The van der Waals surface area contributed by atoms with Crippen LogP contribution in [0.25, 0.3) is 10.9 Å². The highest BCUT2D eigenvalue weighted by molar-refractivity contribution is 5.94. The van der Waals surface area contributed by atoms with Crippen LogP contribution < -0.4 is 10.1 Å². The number of H-pyrrole nitrogens is 2. The number of hydrogen-bond acceptors (Lipinski definition) is 6. The van der Waals surface area contributed by atoms with Gasteiger partial charge in [-0.05, 0) is 57.8 Å². The molecule has 0 radical (unpaired) electrons. The zero-order valence-corrected chi connectivity index (χ0v) is 19.8. The number of aromatic amines is 2. The minimum absolute atomic E-state index is 0.214. The van der Waals surface area contributed by atoms with Crippen molar-refractivity contribution in [2.24, 2.45) is 9.98 Å². The number of nitrogens with zero attached hydrogens (tertiary/aromatic N) is 5. The molecule has 3 aromatic rings. The van der Waals surface area contributed by atoms with Crippen molar-refractivity contribution in [1.82, 2.24) is 25.0 Å². The van der Waals surface area contributed by atoms with E-state index < -0.39 is 0 Å². The normalized spacial score (nSPS) is 17.9. The SMILES string of the molecule is C=N/C(=C\C(=N/COc1ccc2[nH]c(C)cc2c1)N1CCN(C)CC1)Nc1cc(C2CC2)[nH]n1. The number of fused-ring (bicyclic) bond motifs is 1. The number of aliphatic imine (C=N–C) groups is 2. The minimum Gasteiger partial charge on any atom is -0.471 e. The standard InChI is InChI=1S/C25H32N8O/c1-17-12-19-13-20(6-7-21(19)28-17)34-16-27-25(33-10-8-32(3)9-11-33)15-23(26-2)29-24-14-22(30-31-24)18-4-5-18/h6-7,12-15,18,28H,2,4-5,8-11,16H2,1,3H3,(H2,29,30,31)/b23-15+,27-25+. The van der Waals surface area contributed by atoms with E-state index in [2.05, 4.69) is 62.0 Å². The molecule has 2 aliphatic rings. The van der Waals surface area contributed by atoms with Gasteiger partial charge in [0.1, 0.15) is 17.4 Å². The molecule has 5 rings (SSSR count).